The summed E-state index contributed by atoms with van der Waals surface area (Å²) in [4.78, 5) is 8.41. The van der Waals surface area contributed by atoms with Crippen LogP contribution in [0, 0.1) is 5.82 Å². The van der Waals surface area contributed by atoms with E-state index in [9.17, 15) is 4.39 Å². The molecule has 0 unspecified atom stereocenters. The van der Waals surface area contributed by atoms with Crippen LogP contribution in [0.15, 0.2) is 47.3 Å². The van der Waals surface area contributed by atoms with Gasteiger partial charge < -0.3 is 16.3 Å². The Morgan fingerprint density at radius 1 is 1.21 bits per heavy atom. The minimum atomic E-state index is -0.460. The Morgan fingerprint density at radius 2 is 2.08 bits per heavy atom. The van der Waals surface area contributed by atoms with E-state index in [2.05, 4.69) is 20.3 Å². The number of aromatic nitrogens is 5. The second-order valence-electron chi connectivity index (χ2n) is 4.97. The highest BCUT2D eigenvalue weighted by Gasteiger charge is 2.15. The normalized spacial score (nSPS) is 10.7. The number of benzene rings is 1. The van der Waals surface area contributed by atoms with Crippen molar-refractivity contribution in [2.24, 2.45) is 0 Å². The Morgan fingerprint density at radius 3 is 2.83 bits per heavy atom. The molecule has 1 aromatic carbocycles. The lowest BCUT2D eigenvalue weighted by atomic mass is 10.2. The highest BCUT2D eigenvalue weighted by atomic mass is 19.1. The van der Waals surface area contributed by atoms with Crippen molar-refractivity contribution >= 4 is 16.9 Å². The smallest absolute Gasteiger partial charge is 0.182 e. The fourth-order valence-corrected chi connectivity index (χ4v) is 2.33. The predicted octanol–water partition coefficient (Wildman–Crippen LogP) is 2.41. The molecule has 0 radical (unpaired) electrons. The van der Waals surface area contributed by atoms with Gasteiger partial charge in [-0.15, -0.1) is 5.10 Å². The van der Waals surface area contributed by atoms with E-state index in [1.807, 2.05) is 0 Å². The molecular formula is C15H14FN7O. The Bertz CT molecular complexity index is 981. The molecule has 24 heavy (non-hydrogen) atoms. The summed E-state index contributed by atoms with van der Waals surface area (Å²) in [7, 11) is 0. The van der Waals surface area contributed by atoms with Gasteiger partial charge in [0.15, 0.2) is 16.9 Å². The van der Waals surface area contributed by atoms with Crippen molar-refractivity contribution in [2.45, 2.75) is 6.54 Å². The minimum absolute atomic E-state index is 0. The molecule has 0 aliphatic carbocycles. The van der Waals surface area contributed by atoms with Crippen LogP contribution in [0.25, 0.3) is 22.6 Å². The summed E-state index contributed by atoms with van der Waals surface area (Å²) < 4.78 is 20.5. The molecule has 0 aliphatic rings. The van der Waals surface area contributed by atoms with Gasteiger partial charge in [0.1, 0.15) is 17.8 Å². The van der Waals surface area contributed by atoms with Gasteiger partial charge >= 0.3 is 0 Å². The lowest BCUT2D eigenvalue weighted by Gasteiger charge is -2.04. The summed E-state index contributed by atoms with van der Waals surface area (Å²) >= 11 is 0. The van der Waals surface area contributed by atoms with Crippen molar-refractivity contribution in [1.82, 2.24) is 31.1 Å². The number of halogens is 1. The molecule has 0 bridgehead atoms. The van der Waals surface area contributed by atoms with Crippen LogP contribution in [0.1, 0.15) is 5.56 Å². The molecular weight excluding hydrogens is 313 g/mol. The average molecular weight is 327 g/mol. The first-order valence-electron chi connectivity index (χ1n) is 6.84. The minimum Gasteiger partial charge on any atom is -0.463 e. The van der Waals surface area contributed by atoms with Crippen molar-refractivity contribution < 1.29 is 8.81 Å². The second kappa shape index (κ2) is 6.05. The third-order valence-corrected chi connectivity index (χ3v) is 3.45. The summed E-state index contributed by atoms with van der Waals surface area (Å²) in [6.07, 6.45) is 2.98. The van der Waals surface area contributed by atoms with Gasteiger partial charge in [-0.3, -0.25) is 0 Å². The first-order valence-corrected chi connectivity index (χ1v) is 6.84. The van der Waals surface area contributed by atoms with Crippen LogP contribution in [0.2, 0.25) is 0 Å². The number of hydrogen-bond acceptors (Lipinski definition) is 7. The fraction of sp³-hybridized carbons (Fsp3) is 0.0667. The van der Waals surface area contributed by atoms with E-state index in [4.69, 9.17) is 10.2 Å². The molecule has 0 spiro atoms. The van der Waals surface area contributed by atoms with Gasteiger partial charge in [-0.25, -0.2) is 19.0 Å². The maximum Gasteiger partial charge on any atom is 0.182 e. The molecule has 0 saturated carbocycles. The van der Waals surface area contributed by atoms with Crippen molar-refractivity contribution in [3.63, 3.8) is 0 Å². The lowest BCUT2D eigenvalue weighted by molar-refractivity contribution is 0.580. The van der Waals surface area contributed by atoms with Crippen LogP contribution in [-0.2, 0) is 6.54 Å². The summed E-state index contributed by atoms with van der Waals surface area (Å²) in [5.74, 6) is 0.126. The van der Waals surface area contributed by atoms with E-state index >= 15 is 0 Å². The molecule has 5 N–H and O–H groups in total. The molecule has 0 fully saturated rings. The van der Waals surface area contributed by atoms with E-state index in [0.29, 0.717) is 34.7 Å². The summed E-state index contributed by atoms with van der Waals surface area (Å²) in [6, 6.07) is 8.19. The van der Waals surface area contributed by atoms with Gasteiger partial charge in [0.25, 0.3) is 0 Å². The van der Waals surface area contributed by atoms with Gasteiger partial charge in [-0.05, 0) is 29.8 Å². The zero-order chi connectivity index (χ0) is 15.8. The number of nitrogen functional groups attached to an aromatic ring is 1. The molecule has 9 heteroatoms. The molecule has 3 heterocycles. The highest BCUT2D eigenvalue weighted by Crippen LogP contribution is 2.24. The number of furan rings is 1. The van der Waals surface area contributed by atoms with E-state index in [1.165, 1.54) is 18.5 Å². The monoisotopic (exact) mass is 327 g/mol. The SMILES string of the molecule is N.Nc1ccc(Cn2nnc3c(-c4ccco4)ncnc32)cc1F. The first-order chi connectivity index (χ1) is 11.2. The number of nitrogens with two attached hydrogens (primary N) is 1. The van der Waals surface area contributed by atoms with Gasteiger partial charge in [-0.2, -0.15) is 0 Å². The molecule has 8 nitrogen and oxygen atoms in total. The van der Waals surface area contributed by atoms with E-state index in [0.717, 1.165) is 0 Å². The maximum absolute atomic E-state index is 13.6. The quantitative estimate of drug-likeness (QED) is 0.552. The number of rotatable bonds is 3. The maximum atomic E-state index is 13.6. The number of nitrogens with zero attached hydrogens (tertiary/aromatic N) is 5. The Balaban J connectivity index is 0.00000169. The average Bonchev–Trinajstić information content (AvgIpc) is 3.21. The van der Waals surface area contributed by atoms with Crippen LogP contribution < -0.4 is 11.9 Å². The fourth-order valence-electron chi connectivity index (χ4n) is 2.33. The van der Waals surface area contributed by atoms with E-state index in [1.54, 1.807) is 29.1 Å². The first kappa shape index (κ1) is 15.6. The van der Waals surface area contributed by atoms with Crippen LogP contribution in [0.3, 0.4) is 0 Å². The topological polar surface area (TPSA) is 131 Å². The molecule has 122 valence electrons. The van der Waals surface area contributed by atoms with Crippen molar-refractivity contribution in [1.29, 1.82) is 0 Å². The second-order valence-corrected chi connectivity index (χ2v) is 4.97. The molecule has 0 aliphatic heterocycles. The van der Waals surface area contributed by atoms with E-state index < -0.39 is 5.82 Å². The standard InChI is InChI=1S/C15H11FN6O.H3N/c16-10-6-9(3-4-11(10)17)7-22-15-14(20-21-22)13(18-8-19-15)12-2-1-5-23-12;/h1-6,8H,7,17H2;1H3. The number of anilines is 1. The molecule has 4 aromatic rings. The van der Waals surface area contributed by atoms with Crippen molar-refractivity contribution in [2.75, 3.05) is 5.73 Å². The van der Waals surface area contributed by atoms with Crippen molar-refractivity contribution in [3.8, 4) is 11.5 Å². The summed E-state index contributed by atoms with van der Waals surface area (Å²) in [6.45, 7) is 0.322. The molecule has 3 aromatic heterocycles. The van der Waals surface area contributed by atoms with E-state index in [-0.39, 0.29) is 11.8 Å². The molecule has 0 amide bonds. The zero-order valence-electron chi connectivity index (χ0n) is 12.6. The highest BCUT2D eigenvalue weighted by molar-refractivity contribution is 5.84. The predicted molar refractivity (Wildman–Crippen MR) is 85.8 cm³/mol. The largest absolute Gasteiger partial charge is 0.463 e. The van der Waals surface area contributed by atoms with Crippen LogP contribution in [0.5, 0.6) is 0 Å². The Labute approximate surface area is 135 Å². The third kappa shape index (κ3) is 2.57. The summed E-state index contributed by atoms with van der Waals surface area (Å²) in [5, 5.41) is 8.20. The van der Waals surface area contributed by atoms with Crippen LogP contribution in [-0.4, -0.2) is 25.0 Å². The summed E-state index contributed by atoms with van der Waals surface area (Å²) in [5.41, 5.74) is 7.94. The Hall–Kier alpha value is -3.33. The molecule has 4 rings (SSSR count). The van der Waals surface area contributed by atoms with Gasteiger partial charge in [0.2, 0.25) is 0 Å². The van der Waals surface area contributed by atoms with Gasteiger partial charge in [0.05, 0.1) is 18.5 Å². The van der Waals surface area contributed by atoms with Gasteiger partial charge in [-0.1, -0.05) is 11.3 Å². The molecule has 0 saturated heterocycles. The number of fused-ring (bicyclic) bond motifs is 1. The molecule has 0 atom stereocenters. The van der Waals surface area contributed by atoms with Crippen LogP contribution in [0.4, 0.5) is 10.1 Å². The zero-order valence-corrected chi connectivity index (χ0v) is 12.6. The van der Waals surface area contributed by atoms with Crippen LogP contribution >= 0.6 is 0 Å². The third-order valence-electron chi connectivity index (χ3n) is 3.45. The lowest BCUT2D eigenvalue weighted by Crippen LogP contribution is -2.04. The number of hydrogen-bond donors (Lipinski definition) is 2. The Kier molecular flexibility index (Phi) is 3.92. The van der Waals surface area contributed by atoms with Crippen molar-refractivity contribution in [3.05, 3.63) is 54.3 Å². The van der Waals surface area contributed by atoms with Gasteiger partial charge in [0, 0.05) is 0 Å².